The van der Waals surface area contributed by atoms with Gasteiger partial charge in [-0.1, -0.05) is 0 Å². The third-order valence-corrected chi connectivity index (χ3v) is 2.45. The number of aromatic carboxylic acids is 1. The Morgan fingerprint density at radius 3 is 2.68 bits per heavy atom. The second kappa shape index (κ2) is 4.89. The molecule has 2 heterocycles. The quantitative estimate of drug-likeness (QED) is 0.876. The first-order valence-corrected chi connectivity index (χ1v) is 5.45. The van der Waals surface area contributed by atoms with Crippen LogP contribution >= 0.6 is 0 Å². The van der Waals surface area contributed by atoms with Crippen molar-refractivity contribution in [2.45, 2.75) is 0 Å². The largest absolute Gasteiger partial charge is 0.478 e. The van der Waals surface area contributed by atoms with Crippen molar-refractivity contribution in [1.29, 1.82) is 0 Å². The van der Waals surface area contributed by atoms with E-state index in [1.165, 1.54) is 28.0 Å². The predicted octanol–water partition coefficient (Wildman–Crippen LogP) is 0.667. The van der Waals surface area contributed by atoms with E-state index in [-0.39, 0.29) is 17.2 Å². The Hall–Kier alpha value is -2.70. The van der Waals surface area contributed by atoms with Gasteiger partial charge >= 0.3 is 5.97 Å². The molecule has 2 aromatic rings. The summed E-state index contributed by atoms with van der Waals surface area (Å²) < 4.78 is 1.41. The van der Waals surface area contributed by atoms with E-state index in [0.717, 1.165) is 0 Å². The van der Waals surface area contributed by atoms with Crippen LogP contribution in [0.4, 0.5) is 0 Å². The number of pyridine rings is 1. The fourth-order valence-electron chi connectivity index (χ4n) is 1.48. The molecule has 0 fully saturated rings. The van der Waals surface area contributed by atoms with Crippen molar-refractivity contribution in [3.8, 4) is 5.69 Å². The van der Waals surface area contributed by atoms with Gasteiger partial charge in [0.25, 0.3) is 5.91 Å². The Kier molecular flexibility index (Phi) is 3.28. The normalized spacial score (nSPS) is 10.2. The first-order chi connectivity index (χ1) is 8.99. The molecule has 1 amide bonds. The summed E-state index contributed by atoms with van der Waals surface area (Å²) in [6.45, 7) is 0. The average molecular weight is 260 g/mol. The maximum absolute atomic E-state index is 11.7. The lowest BCUT2D eigenvalue weighted by atomic mass is 10.3. The first kappa shape index (κ1) is 12.7. The zero-order chi connectivity index (χ0) is 14.0. The van der Waals surface area contributed by atoms with Crippen LogP contribution < -0.4 is 0 Å². The minimum absolute atomic E-state index is 0.0634. The Balaban J connectivity index is 2.35. The molecule has 0 unspecified atom stereocenters. The molecule has 98 valence electrons. The molecule has 0 bridgehead atoms. The fraction of sp³-hybridized carbons (Fsp3) is 0.167. The zero-order valence-electron chi connectivity index (χ0n) is 10.4. The third kappa shape index (κ3) is 2.59. The number of rotatable bonds is 3. The molecule has 0 atom stereocenters. The molecule has 0 aliphatic rings. The number of carbonyl (C=O) groups excluding carboxylic acids is 1. The standard InChI is InChI=1S/C12H12N4O3/c1-15(2)11(17)10-3-4-16(14-10)9-5-8(12(18)19)6-13-7-9/h3-7H,1-2H3,(H,18,19). The smallest absolute Gasteiger partial charge is 0.337 e. The van der Waals surface area contributed by atoms with Crippen molar-refractivity contribution in [3.63, 3.8) is 0 Å². The minimum atomic E-state index is -1.06. The molecule has 0 spiro atoms. The molecule has 0 aromatic carbocycles. The molecule has 1 N–H and O–H groups in total. The number of hydrogen-bond acceptors (Lipinski definition) is 4. The summed E-state index contributed by atoms with van der Waals surface area (Å²) in [7, 11) is 3.27. The van der Waals surface area contributed by atoms with Gasteiger partial charge in [-0.2, -0.15) is 5.10 Å². The lowest BCUT2D eigenvalue weighted by Gasteiger charge is -2.07. The van der Waals surface area contributed by atoms with E-state index in [0.29, 0.717) is 5.69 Å². The van der Waals surface area contributed by atoms with Gasteiger partial charge < -0.3 is 10.0 Å². The highest BCUT2D eigenvalue weighted by molar-refractivity contribution is 5.92. The molecule has 0 aliphatic heterocycles. The highest BCUT2D eigenvalue weighted by Crippen LogP contribution is 2.09. The van der Waals surface area contributed by atoms with Gasteiger partial charge in [-0.05, 0) is 12.1 Å². The van der Waals surface area contributed by atoms with Gasteiger partial charge in [0.15, 0.2) is 5.69 Å². The van der Waals surface area contributed by atoms with Crippen molar-refractivity contribution in [1.82, 2.24) is 19.7 Å². The minimum Gasteiger partial charge on any atom is -0.478 e. The van der Waals surface area contributed by atoms with Gasteiger partial charge in [-0.3, -0.25) is 9.78 Å². The second-order valence-corrected chi connectivity index (χ2v) is 4.08. The van der Waals surface area contributed by atoms with Crippen LogP contribution in [0, 0.1) is 0 Å². The maximum Gasteiger partial charge on any atom is 0.337 e. The van der Waals surface area contributed by atoms with E-state index < -0.39 is 5.97 Å². The van der Waals surface area contributed by atoms with Gasteiger partial charge in [0.1, 0.15) is 0 Å². The summed E-state index contributed by atoms with van der Waals surface area (Å²) in [4.78, 5) is 27.8. The van der Waals surface area contributed by atoms with Crippen molar-refractivity contribution in [3.05, 3.63) is 42.0 Å². The summed E-state index contributed by atoms with van der Waals surface area (Å²) in [6.07, 6.45) is 4.31. The topological polar surface area (TPSA) is 88.3 Å². The van der Waals surface area contributed by atoms with Crippen LogP contribution in [-0.4, -0.2) is 50.7 Å². The van der Waals surface area contributed by atoms with E-state index in [1.807, 2.05) is 0 Å². The lowest BCUT2D eigenvalue weighted by Crippen LogP contribution is -2.22. The number of amides is 1. The molecule has 19 heavy (non-hydrogen) atoms. The summed E-state index contributed by atoms with van der Waals surface area (Å²) >= 11 is 0. The van der Waals surface area contributed by atoms with Gasteiger partial charge in [0.2, 0.25) is 0 Å². The third-order valence-electron chi connectivity index (χ3n) is 2.45. The van der Waals surface area contributed by atoms with Crippen LogP contribution in [0.1, 0.15) is 20.8 Å². The highest BCUT2D eigenvalue weighted by atomic mass is 16.4. The van der Waals surface area contributed by atoms with Gasteiger partial charge in [0, 0.05) is 26.5 Å². The average Bonchev–Trinajstić information content (AvgIpc) is 2.87. The molecule has 7 heteroatoms. The van der Waals surface area contributed by atoms with Crippen molar-refractivity contribution < 1.29 is 14.7 Å². The predicted molar refractivity (Wildman–Crippen MR) is 66.3 cm³/mol. The van der Waals surface area contributed by atoms with Crippen LogP contribution in [0.5, 0.6) is 0 Å². The second-order valence-electron chi connectivity index (χ2n) is 4.08. The summed E-state index contributed by atoms with van der Waals surface area (Å²) in [5, 5.41) is 13.0. The summed E-state index contributed by atoms with van der Waals surface area (Å²) in [5.41, 5.74) is 0.830. The zero-order valence-corrected chi connectivity index (χ0v) is 10.4. The maximum atomic E-state index is 11.7. The molecular weight excluding hydrogens is 248 g/mol. The van der Waals surface area contributed by atoms with Crippen LogP contribution in [0.15, 0.2) is 30.7 Å². The van der Waals surface area contributed by atoms with E-state index in [9.17, 15) is 9.59 Å². The van der Waals surface area contributed by atoms with E-state index in [4.69, 9.17) is 5.11 Å². The number of nitrogens with zero attached hydrogens (tertiary/aromatic N) is 4. The van der Waals surface area contributed by atoms with E-state index in [1.54, 1.807) is 26.4 Å². The monoisotopic (exact) mass is 260 g/mol. The van der Waals surface area contributed by atoms with E-state index >= 15 is 0 Å². The number of carbonyl (C=O) groups is 2. The summed E-state index contributed by atoms with van der Waals surface area (Å²) in [6, 6.07) is 3.00. The van der Waals surface area contributed by atoms with Crippen LogP contribution in [0.25, 0.3) is 5.69 Å². The Morgan fingerprint density at radius 1 is 1.32 bits per heavy atom. The van der Waals surface area contributed by atoms with Crippen LogP contribution in [0.2, 0.25) is 0 Å². The lowest BCUT2D eigenvalue weighted by molar-refractivity contribution is 0.0695. The van der Waals surface area contributed by atoms with Gasteiger partial charge in [0.05, 0.1) is 17.4 Å². The Bertz CT molecular complexity index is 633. The summed E-state index contributed by atoms with van der Waals surface area (Å²) in [5.74, 6) is -1.29. The van der Waals surface area contributed by atoms with E-state index in [2.05, 4.69) is 10.1 Å². The van der Waals surface area contributed by atoms with Gasteiger partial charge in [-0.15, -0.1) is 0 Å². The van der Waals surface area contributed by atoms with Crippen molar-refractivity contribution >= 4 is 11.9 Å². The number of aromatic nitrogens is 3. The molecule has 2 aromatic heterocycles. The molecule has 2 rings (SSSR count). The van der Waals surface area contributed by atoms with Crippen LogP contribution in [0.3, 0.4) is 0 Å². The molecule has 0 radical (unpaired) electrons. The number of carboxylic acid groups (broad SMARTS) is 1. The molecule has 0 aliphatic carbocycles. The first-order valence-electron chi connectivity index (χ1n) is 5.45. The Labute approximate surface area is 109 Å². The molecule has 7 nitrogen and oxygen atoms in total. The fourth-order valence-corrected chi connectivity index (χ4v) is 1.48. The molecule has 0 saturated heterocycles. The highest BCUT2D eigenvalue weighted by Gasteiger charge is 2.12. The molecular formula is C12H12N4O3. The van der Waals surface area contributed by atoms with Crippen molar-refractivity contribution in [2.24, 2.45) is 0 Å². The number of carboxylic acids is 1. The SMILES string of the molecule is CN(C)C(=O)c1ccn(-c2cncc(C(=O)O)c2)n1. The van der Waals surface area contributed by atoms with Gasteiger partial charge in [-0.25, -0.2) is 9.48 Å². The number of hydrogen-bond donors (Lipinski definition) is 1. The van der Waals surface area contributed by atoms with Crippen LogP contribution in [-0.2, 0) is 0 Å². The Morgan fingerprint density at radius 2 is 2.05 bits per heavy atom. The van der Waals surface area contributed by atoms with Crippen molar-refractivity contribution in [2.75, 3.05) is 14.1 Å². The molecule has 0 saturated carbocycles.